The van der Waals surface area contributed by atoms with Crippen LogP contribution in [0.2, 0.25) is 0 Å². The molecule has 0 aliphatic rings. The molecular weight excluding hydrogens is 185 g/mol. The minimum atomic E-state index is -1.39. The van der Waals surface area contributed by atoms with Crippen molar-refractivity contribution in [3.63, 3.8) is 0 Å². The molecule has 70 valence electrons. The summed E-state index contributed by atoms with van der Waals surface area (Å²) < 4.78 is 41.9. The van der Waals surface area contributed by atoms with Gasteiger partial charge in [-0.2, -0.15) is 4.39 Å². The Kier molecular flexibility index (Phi) is 2.55. The van der Waals surface area contributed by atoms with E-state index in [4.69, 9.17) is 0 Å². The summed E-state index contributed by atoms with van der Waals surface area (Å²) in [4.78, 5) is 10.4. The normalized spacial score (nSPS) is 9.85. The zero-order valence-corrected chi connectivity index (χ0v) is 6.61. The largest absolute Gasteiger partial charge is 0.423 e. The van der Waals surface area contributed by atoms with Crippen molar-refractivity contribution in [2.75, 3.05) is 0 Å². The molecule has 0 atom stereocenters. The third-order valence-electron chi connectivity index (χ3n) is 1.21. The number of halogens is 3. The highest BCUT2D eigenvalue weighted by atomic mass is 19.2. The first kappa shape index (κ1) is 9.57. The third kappa shape index (κ3) is 2.21. The van der Waals surface area contributed by atoms with Crippen LogP contribution in [0.3, 0.4) is 0 Å². The van der Waals surface area contributed by atoms with E-state index in [-0.39, 0.29) is 0 Å². The van der Waals surface area contributed by atoms with E-state index >= 15 is 0 Å². The number of carbonyl (C=O) groups excluding carboxylic acids is 1. The maximum absolute atomic E-state index is 12.7. The van der Waals surface area contributed by atoms with Crippen LogP contribution < -0.4 is 4.74 Å². The van der Waals surface area contributed by atoms with Crippen molar-refractivity contribution in [2.45, 2.75) is 6.92 Å². The van der Waals surface area contributed by atoms with E-state index in [0.717, 1.165) is 6.92 Å². The van der Waals surface area contributed by atoms with Gasteiger partial charge in [0.05, 0.1) is 0 Å². The Bertz CT molecular complexity index is 349. The average Bonchev–Trinajstić information content (AvgIpc) is 1.98. The van der Waals surface area contributed by atoms with Crippen LogP contribution in [-0.4, -0.2) is 5.97 Å². The molecule has 0 aromatic heterocycles. The molecule has 0 aliphatic heterocycles. The van der Waals surface area contributed by atoms with Gasteiger partial charge in [0.25, 0.3) is 0 Å². The standard InChI is InChI=1S/C8H5F3O2/c1-4(12)13-7-3-5(9)2-6(10)8(7)11/h2-3H,1H3. The van der Waals surface area contributed by atoms with Crippen molar-refractivity contribution >= 4 is 5.97 Å². The summed E-state index contributed by atoms with van der Waals surface area (Å²) in [6.07, 6.45) is 0. The molecule has 0 unspecified atom stereocenters. The molecule has 0 saturated carbocycles. The fourth-order valence-corrected chi connectivity index (χ4v) is 0.761. The predicted octanol–water partition coefficient (Wildman–Crippen LogP) is 2.03. The van der Waals surface area contributed by atoms with Gasteiger partial charge in [0.2, 0.25) is 5.82 Å². The predicted molar refractivity (Wildman–Crippen MR) is 37.6 cm³/mol. The van der Waals surface area contributed by atoms with Crippen LogP contribution in [0.15, 0.2) is 12.1 Å². The lowest BCUT2D eigenvalue weighted by Crippen LogP contribution is -2.04. The van der Waals surface area contributed by atoms with Gasteiger partial charge in [-0.15, -0.1) is 0 Å². The molecule has 5 heteroatoms. The number of carbonyl (C=O) groups is 1. The van der Waals surface area contributed by atoms with Crippen LogP contribution in [0.25, 0.3) is 0 Å². The Hall–Kier alpha value is -1.52. The van der Waals surface area contributed by atoms with Gasteiger partial charge < -0.3 is 4.74 Å². The van der Waals surface area contributed by atoms with E-state index in [1.54, 1.807) is 0 Å². The lowest BCUT2D eigenvalue weighted by Gasteiger charge is -2.02. The minimum Gasteiger partial charge on any atom is -0.423 e. The van der Waals surface area contributed by atoms with E-state index in [2.05, 4.69) is 4.74 Å². The molecule has 1 aromatic carbocycles. The molecule has 13 heavy (non-hydrogen) atoms. The summed E-state index contributed by atoms with van der Waals surface area (Å²) in [7, 11) is 0. The second-order valence-electron chi connectivity index (χ2n) is 2.29. The van der Waals surface area contributed by atoms with Gasteiger partial charge in [-0.05, 0) is 0 Å². The Morgan fingerprint density at radius 2 is 1.92 bits per heavy atom. The molecular formula is C8H5F3O2. The van der Waals surface area contributed by atoms with Crippen LogP contribution in [0, 0.1) is 17.5 Å². The number of ether oxygens (including phenoxy) is 1. The van der Waals surface area contributed by atoms with Gasteiger partial charge in [-0.1, -0.05) is 0 Å². The maximum Gasteiger partial charge on any atom is 0.308 e. The SMILES string of the molecule is CC(=O)Oc1cc(F)cc(F)c1F. The summed E-state index contributed by atoms with van der Waals surface area (Å²) in [5, 5.41) is 0. The summed E-state index contributed by atoms with van der Waals surface area (Å²) in [6.45, 7) is 1.00. The highest BCUT2D eigenvalue weighted by molar-refractivity contribution is 5.69. The van der Waals surface area contributed by atoms with Gasteiger partial charge in [0.1, 0.15) is 5.82 Å². The van der Waals surface area contributed by atoms with Crippen molar-refractivity contribution in [2.24, 2.45) is 0 Å². The highest BCUT2D eigenvalue weighted by Gasteiger charge is 2.13. The van der Waals surface area contributed by atoms with Gasteiger partial charge in [-0.25, -0.2) is 8.78 Å². The molecule has 1 aromatic rings. The Balaban J connectivity index is 3.12. The topological polar surface area (TPSA) is 26.3 Å². The summed E-state index contributed by atoms with van der Waals surface area (Å²) >= 11 is 0. The zero-order valence-electron chi connectivity index (χ0n) is 6.61. The van der Waals surface area contributed by atoms with Crippen LogP contribution in [0.5, 0.6) is 5.75 Å². The first-order valence-corrected chi connectivity index (χ1v) is 3.33. The van der Waals surface area contributed by atoms with E-state index in [0.29, 0.717) is 12.1 Å². The fourth-order valence-electron chi connectivity index (χ4n) is 0.761. The van der Waals surface area contributed by atoms with Gasteiger partial charge in [0, 0.05) is 19.1 Å². The molecule has 0 spiro atoms. The zero-order chi connectivity index (χ0) is 10.0. The van der Waals surface area contributed by atoms with Crippen LogP contribution in [-0.2, 0) is 4.79 Å². The van der Waals surface area contributed by atoms with Crippen molar-refractivity contribution in [3.8, 4) is 5.75 Å². The monoisotopic (exact) mass is 190 g/mol. The molecule has 0 heterocycles. The summed E-state index contributed by atoms with van der Waals surface area (Å²) in [5.41, 5.74) is 0. The van der Waals surface area contributed by atoms with E-state index in [1.165, 1.54) is 0 Å². The minimum absolute atomic E-state index is 0.363. The second kappa shape index (κ2) is 3.47. The molecule has 0 fully saturated rings. The molecule has 0 amide bonds. The van der Waals surface area contributed by atoms with Gasteiger partial charge in [0.15, 0.2) is 11.6 Å². The fraction of sp³-hybridized carbons (Fsp3) is 0.125. The molecule has 0 saturated heterocycles. The smallest absolute Gasteiger partial charge is 0.308 e. The number of benzene rings is 1. The van der Waals surface area contributed by atoms with E-state index in [1.807, 2.05) is 0 Å². The summed E-state index contributed by atoms with van der Waals surface area (Å²) in [6, 6.07) is 0.960. The maximum atomic E-state index is 12.7. The number of esters is 1. The molecule has 0 aliphatic carbocycles. The first-order chi connectivity index (χ1) is 6.00. The van der Waals surface area contributed by atoms with E-state index in [9.17, 15) is 18.0 Å². The lowest BCUT2D eigenvalue weighted by atomic mass is 10.3. The number of rotatable bonds is 1. The summed E-state index contributed by atoms with van der Waals surface area (Å²) in [5.74, 6) is -5.36. The Morgan fingerprint density at radius 1 is 1.31 bits per heavy atom. The molecule has 1 rings (SSSR count). The van der Waals surface area contributed by atoms with Crippen LogP contribution in [0.4, 0.5) is 13.2 Å². The van der Waals surface area contributed by atoms with Crippen LogP contribution in [0.1, 0.15) is 6.92 Å². The van der Waals surface area contributed by atoms with E-state index < -0.39 is 29.2 Å². The number of hydrogen-bond donors (Lipinski definition) is 0. The van der Waals surface area contributed by atoms with Crippen LogP contribution >= 0.6 is 0 Å². The van der Waals surface area contributed by atoms with Crippen molar-refractivity contribution in [3.05, 3.63) is 29.6 Å². The molecule has 0 N–H and O–H groups in total. The highest BCUT2D eigenvalue weighted by Crippen LogP contribution is 2.21. The first-order valence-electron chi connectivity index (χ1n) is 3.33. The third-order valence-corrected chi connectivity index (χ3v) is 1.21. The van der Waals surface area contributed by atoms with Crippen molar-refractivity contribution < 1.29 is 22.7 Å². The van der Waals surface area contributed by atoms with Gasteiger partial charge >= 0.3 is 5.97 Å². The Morgan fingerprint density at radius 3 is 2.46 bits per heavy atom. The molecule has 0 radical (unpaired) electrons. The van der Waals surface area contributed by atoms with Crippen molar-refractivity contribution in [1.82, 2.24) is 0 Å². The van der Waals surface area contributed by atoms with Gasteiger partial charge in [-0.3, -0.25) is 4.79 Å². The quantitative estimate of drug-likeness (QED) is 0.384. The second-order valence-corrected chi connectivity index (χ2v) is 2.29. The molecule has 0 bridgehead atoms. The van der Waals surface area contributed by atoms with Crippen molar-refractivity contribution in [1.29, 1.82) is 0 Å². The number of hydrogen-bond acceptors (Lipinski definition) is 2. The molecule has 2 nitrogen and oxygen atoms in total. The average molecular weight is 190 g/mol. The lowest BCUT2D eigenvalue weighted by molar-refractivity contribution is -0.132. The Labute approximate surface area is 71.9 Å².